The number of ether oxygens (including phenoxy) is 1. The summed E-state index contributed by atoms with van der Waals surface area (Å²) in [5.41, 5.74) is 3.66. The normalized spacial score (nSPS) is 11.5. The zero-order valence-electron chi connectivity index (χ0n) is 21.4. The van der Waals surface area contributed by atoms with Crippen LogP contribution in [0, 0.1) is 26.7 Å². The Morgan fingerprint density at radius 2 is 1.84 bits per heavy atom. The van der Waals surface area contributed by atoms with Gasteiger partial charge in [0.15, 0.2) is 5.03 Å². The highest BCUT2D eigenvalue weighted by Crippen LogP contribution is 2.30. The van der Waals surface area contributed by atoms with Crippen molar-refractivity contribution in [3.05, 3.63) is 83.3 Å². The zero-order valence-corrected chi connectivity index (χ0v) is 22.2. The molecule has 0 spiro atoms. The summed E-state index contributed by atoms with van der Waals surface area (Å²) in [6, 6.07) is 13.3. The summed E-state index contributed by atoms with van der Waals surface area (Å²) in [6.07, 6.45) is 3.57. The minimum Gasteiger partial charge on any atom is -0.438 e. The number of carbonyl (C=O) groups is 1. The van der Waals surface area contributed by atoms with Crippen LogP contribution in [-0.2, 0) is 16.6 Å². The van der Waals surface area contributed by atoms with E-state index in [0.717, 1.165) is 23.2 Å². The average molecular weight is 520 g/mol. The summed E-state index contributed by atoms with van der Waals surface area (Å²) >= 11 is 0. The van der Waals surface area contributed by atoms with Gasteiger partial charge in [0.2, 0.25) is 5.88 Å². The van der Waals surface area contributed by atoms with E-state index in [1.54, 1.807) is 37.4 Å². The van der Waals surface area contributed by atoms with Gasteiger partial charge in [0.25, 0.3) is 15.9 Å². The minimum atomic E-state index is -4.21. The fraction of sp³-hybridized carbons (Fsp3) is 0.259. The number of nitrogens with zero attached hydrogens (tertiary/aromatic N) is 4. The maximum Gasteiger partial charge on any atom is 0.281 e. The van der Waals surface area contributed by atoms with Gasteiger partial charge in [0.05, 0.1) is 11.9 Å². The number of sulfonamides is 1. The van der Waals surface area contributed by atoms with Crippen LogP contribution in [0.5, 0.6) is 11.6 Å². The maximum atomic E-state index is 13.2. The Morgan fingerprint density at radius 1 is 1.05 bits per heavy atom. The lowest BCUT2D eigenvalue weighted by Crippen LogP contribution is -2.31. The summed E-state index contributed by atoms with van der Waals surface area (Å²) in [5.74, 6) is 0.0200. The van der Waals surface area contributed by atoms with E-state index in [-0.39, 0.29) is 16.5 Å². The van der Waals surface area contributed by atoms with Crippen LogP contribution in [0.2, 0.25) is 0 Å². The van der Waals surface area contributed by atoms with Crippen LogP contribution in [-0.4, -0.2) is 34.1 Å². The Hall–Kier alpha value is -4.05. The smallest absolute Gasteiger partial charge is 0.281 e. The molecule has 0 aliphatic carbocycles. The summed E-state index contributed by atoms with van der Waals surface area (Å²) in [5, 5.41) is 4.14. The molecule has 0 aliphatic heterocycles. The molecule has 0 bridgehead atoms. The topological polar surface area (TPSA) is 116 Å². The minimum absolute atomic E-state index is 0.0223. The highest BCUT2D eigenvalue weighted by Gasteiger charge is 2.24. The second-order valence-electron chi connectivity index (χ2n) is 9.32. The molecule has 0 saturated heterocycles. The van der Waals surface area contributed by atoms with Crippen LogP contribution >= 0.6 is 0 Å². The van der Waals surface area contributed by atoms with E-state index in [0.29, 0.717) is 23.1 Å². The molecule has 192 valence electrons. The van der Waals surface area contributed by atoms with Crippen molar-refractivity contribution in [1.82, 2.24) is 24.5 Å². The molecule has 3 heterocycles. The molecule has 0 atom stereocenters. The van der Waals surface area contributed by atoms with Crippen LogP contribution in [0.1, 0.15) is 41.0 Å². The average Bonchev–Trinajstić information content (AvgIpc) is 3.28. The van der Waals surface area contributed by atoms with Crippen LogP contribution in [0.25, 0.3) is 11.3 Å². The van der Waals surface area contributed by atoms with Gasteiger partial charge in [-0.25, -0.2) is 14.7 Å². The molecule has 1 N–H and O–H groups in total. The molecule has 0 fully saturated rings. The van der Waals surface area contributed by atoms with Crippen LogP contribution in [0.4, 0.5) is 0 Å². The van der Waals surface area contributed by atoms with Gasteiger partial charge in [0, 0.05) is 24.0 Å². The van der Waals surface area contributed by atoms with Crippen LogP contribution < -0.4 is 9.46 Å². The summed E-state index contributed by atoms with van der Waals surface area (Å²) in [4.78, 5) is 21.8. The van der Waals surface area contributed by atoms with Gasteiger partial charge in [0.1, 0.15) is 11.3 Å². The van der Waals surface area contributed by atoms with Crippen LogP contribution in [0.3, 0.4) is 0 Å². The largest absolute Gasteiger partial charge is 0.438 e. The predicted octanol–water partition coefficient (Wildman–Crippen LogP) is 4.83. The van der Waals surface area contributed by atoms with Gasteiger partial charge >= 0.3 is 0 Å². The number of carbonyl (C=O) groups excluding carboxylic acids is 1. The van der Waals surface area contributed by atoms with Gasteiger partial charge in [-0.05, 0) is 62.6 Å². The number of rotatable bonds is 8. The number of aromatic nitrogens is 4. The van der Waals surface area contributed by atoms with Gasteiger partial charge in [-0.15, -0.1) is 0 Å². The van der Waals surface area contributed by atoms with Crippen LogP contribution in [0.15, 0.2) is 66.0 Å². The van der Waals surface area contributed by atoms with E-state index < -0.39 is 15.9 Å². The van der Waals surface area contributed by atoms with Crippen molar-refractivity contribution in [1.29, 1.82) is 0 Å². The van der Waals surface area contributed by atoms with E-state index in [2.05, 4.69) is 33.6 Å². The lowest BCUT2D eigenvalue weighted by molar-refractivity contribution is 0.0978. The molecule has 37 heavy (non-hydrogen) atoms. The summed E-state index contributed by atoms with van der Waals surface area (Å²) in [7, 11) is -4.21. The first-order valence-corrected chi connectivity index (χ1v) is 13.3. The first-order chi connectivity index (χ1) is 17.5. The van der Waals surface area contributed by atoms with Gasteiger partial charge in [-0.3, -0.25) is 9.48 Å². The van der Waals surface area contributed by atoms with Crippen molar-refractivity contribution < 1.29 is 17.9 Å². The first kappa shape index (κ1) is 26.0. The number of amides is 1. The number of hydrogen-bond acceptors (Lipinski definition) is 7. The second kappa shape index (κ2) is 10.5. The number of aryl methyl sites for hydroxylation is 3. The van der Waals surface area contributed by atoms with E-state index in [4.69, 9.17) is 4.74 Å². The standard InChI is InChI=1S/C27H29N5O4S/c1-17(2)15-32-16-21(14-28-32)23-11-10-22(27(30-23)36-24-12-9-18(3)13-19(24)4)26(33)31-37(34,35)25-8-6-7-20(5)29-25/h6-14,16-17H,15H2,1-5H3,(H,31,33). The second-order valence-corrected chi connectivity index (χ2v) is 10.9. The molecule has 3 aromatic heterocycles. The third kappa shape index (κ3) is 6.21. The van der Waals surface area contributed by atoms with E-state index in [9.17, 15) is 13.2 Å². The Morgan fingerprint density at radius 3 is 2.54 bits per heavy atom. The maximum absolute atomic E-state index is 13.2. The van der Waals surface area contributed by atoms with E-state index in [1.807, 2.05) is 36.9 Å². The fourth-order valence-corrected chi connectivity index (χ4v) is 4.72. The van der Waals surface area contributed by atoms with Crippen molar-refractivity contribution in [2.24, 2.45) is 5.92 Å². The van der Waals surface area contributed by atoms with Crippen molar-refractivity contribution in [2.75, 3.05) is 0 Å². The first-order valence-electron chi connectivity index (χ1n) is 11.8. The van der Waals surface area contributed by atoms with Crippen molar-refractivity contribution in [2.45, 2.75) is 46.2 Å². The fourth-order valence-electron chi connectivity index (χ4n) is 3.74. The lowest BCUT2D eigenvalue weighted by atomic mass is 10.1. The molecule has 4 aromatic rings. The molecule has 1 aromatic carbocycles. The third-order valence-corrected chi connectivity index (χ3v) is 6.72. The number of pyridine rings is 2. The predicted molar refractivity (Wildman–Crippen MR) is 140 cm³/mol. The molecule has 4 rings (SSSR count). The molecule has 9 nitrogen and oxygen atoms in total. The number of benzene rings is 1. The lowest BCUT2D eigenvalue weighted by Gasteiger charge is -2.14. The van der Waals surface area contributed by atoms with E-state index >= 15 is 0 Å². The molecule has 0 unspecified atom stereocenters. The molecular formula is C27H29N5O4S. The SMILES string of the molecule is Cc1ccc(Oc2nc(-c3cnn(CC(C)C)c3)ccc2C(=O)NS(=O)(=O)c2cccc(C)n2)c(C)c1. The number of hydrogen-bond donors (Lipinski definition) is 1. The Balaban J connectivity index is 1.72. The summed E-state index contributed by atoms with van der Waals surface area (Å²) in [6.45, 7) is 10.5. The Labute approximate surface area is 216 Å². The zero-order chi connectivity index (χ0) is 26.7. The van der Waals surface area contributed by atoms with Gasteiger partial charge in [-0.1, -0.05) is 37.6 Å². The molecule has 10 heteroatoms. The highest BCUT2D eigenvalue weighted by molar-refractivity contribution is 7.90. The molecule has 0 aliphatic rings. The Bertz CT molecular complexity index is 1560. The third-order valence-electron chi connectivity index (χ3n) is 5.49. The van der Waals surface area contributed by atoms with Crippen molar-refractivity contribution in [3.8, 4) is 22.9 Å². The highest BCUT2D eigenvalue weighted by atomic mass is 32.2. The molecular weight excluding hydrogens is 490 g/mol. The summed E-state index contributed by atoms with van der Waals surface area (Å²) < 4.78 is 35.7. The Kier molecular flexibility index (Phi) is 7.40. The molecule has 1 amide bonds. The number of nitrogens with one attached hydrogen (secondary N) is 1. The molecule has 0 radical (unpaired) electrons. The quantitative estimate of drug-likeness (QED) is 0.354. The van der Waals surface area contributed by atoms with Crippen molar-refractivity contribution in [3.63, 3.8) is 0 Å². The van der Waals surface area contributed by atoms with Crippen molar-refractivity contribution >= 4 is 15.9 Å². The van der Waals surface area contributed by atoms with E-state index in [1.165, 1.54) is 12.1 Å². The monoisotopic (exact) mass is 519 g/mol. The van der Waals surface area contributed by atoms with Gasteiger partial charge in [-0.2, -0.15) is 13.5 Å². The molecule has 0 saturated carbocycles. The van der Waals surface area contributed by atoms with Gasteiger partial charge < -0.3 is 4.74 Å².